The van der Waals surface area contributed by atoms with E-state index in [4.69, 9.17) is 10.8 Å². The number of carbonyl (C=O) groups is 2. The number of nitrogens with zero attached hydrogens (tertiary/aromatic N) is 1. The topological polar surface area (TPSA) is 92.9 Å². The molecule has 2 amide bonds. The summed E-state index contributed by atoms with van der Waals surface area (Å²) in [5.74, 6) is 0.0246. The van der Waals surface area contributed by atoms with Crippen LogP contribution in [0.5, 0.6) is 0 Å². The van der Waals surface area contributed by atoms with Gasteiger partial charge in [0, 0.05) is 13.0 Å². The van der Waals surface area contributed by atoms with Crippen molar-refractivity contribution in [2.75, 3.05) is 19.7 Å². The van der Waals surface area contributed by atoms with Gasteiger partial charge in [0.25, 0.3) is 0 Å². The number of aliphatic hydroxyl groups is 1. The Morgan fingerprint density at radius 1 is 1.71 bits per heavy atom. The van der Waals surface area contributed by atoms with Gasteiger partial charge in [-0.3, -0.25) is 4.79 Å². The van der Waals surface area contributed by atoms with Gasteiger partial charge in [-0.05, 0) is 6.42 Å². The van der Waals surface area contributed by atoms with E-state index in [2.05, 4.69) is 4.74 Å². The van der Waals surface area contributed by atoms with E-state index in [1.807, 2.05) is 0 Å². The zero-order chi connectivity index (χ0) is 10.6. The lowest BCUT2D eigenvalue weighted by Gasteiger charge is -2.21. The number of rotatable bonds is 4. The SMILES string of the molecule is NC(=O)O[C@@H](CO)CN1CCCC1=O. The largest absolute Gasteiger partial charge is 0.442 e. The quantitative estimate of drug-likeness (QED) is 0.615. The Kier molecular flexibility index (Phi) is 3.70. The normalized spacial score (nSPS) is 18.4. The molecular formula is C8H14N2O4. The van der Waals surface area contributed by atoms with Gasteiger partial charge >= 0.3 is 6.09 Å². The predicted molar refractivity (Wildman–Crippen MR) is 47.4 cm³/mol. The molecule has 80 valence electrons. The Morgan fingerprint density at radius 3 is 2.86 bits per heavy atom. The zero-order valence-electron chi connectivity index (χ0n) is 7.81. The average Bonchev–Trinajstić information content (AvgIpc) is 2.50. The third-order valence-electron chi connectivity index (χ3n) is 2.08. The molecule has 6 nitrogen and oxygen atoms in total. The molecule has 0 aromatic carbocycles. The molecule has 1 heterocycles. The van der Waals surface area contributed by atoms with E-state index in [-0.39, 0.29) is 19.1 Å². The first-order valence-electron chi connectivity index (χ1n) is 4.48. The van der Waals surface area contributed by atoms with Gasteiger partial charge in [-0.1, -0.05) is 0 Å². The third-order valence-corrected chi connectivity index (χ3v) is 2.08. The maximum atomic E-state index is 11.2. The van der Waals surface area contributed by atoms with E-state index in [1.54, 1.807) is 4.90 Å². The minimum Gasteiger partial charge on any atom is -0.442 e. The number of aliphatic hydroxyl groups excluding tert-OH is 1. The second-order valence-electron chi connectivity index (χ2n) is 3.18. The van der Waals surface area contributed by atoms with Crippen LogP contribution in [0.15, 0.2) is 0 Å². The lowest BCUT2D eigenvalue weighted by Crippen LogP contribution is -2.38. The molecule has 0 spiro atoms. The highest BCUT2D eigenvalue weighted by Crippen LogP contribution is 2.10. The lowest BCUT2D eigenvalue weighted by atomic mass is 10.3. The summed E-state index contributed by atoms with van der Waals surface area (Å²) in [6.07, 6.45) is -0.312. The summed E-state index contributed by atoms with van der Waals surface area (Å²) in [4.78, 5) is 23.2. The van der Waals surface area contributed by atoms with Crippen LogP contribution in [0.3, 0.4) is 0 Å². The number of carbonyl (C=O) groups excluding carboxylic acids is 2. The fraction of sp³-hybridized carbons (Fsp3) is 0.750. The summed E-state index contributed by atoms with van der Waals surface area (Å²) in [5, 5.41) is 8.85. The van der Waals surface area contributed by atoms with Gasteiger partial charge in [-0.15, -0.1) is 0 Å². The fourth-order valence-corrected chi connectivity index (χ4v) is 1.44. The highest BCUT2D eigenvalue weighted by molar-refractivity contribution is 5.78. The van der Waals surface area contributed by atoms with E-state index < -0.39 is 12.2 Å². The van der Waals surface area contributed by atoms with Gasteiger partial charge in [0.05, 0.1) is 13.2 Å². The number of likely N-dealkylation sites (tertiary alicyclic amines) is 1. The summed E-state index contributed by atoms with van der Waals surface area (Å²) < 4.78 is 4.60. The summed E-state index contributed by atoms with van der Waals surface area (Å²) in [5.41, 5.74) is 4.80. The van der Waals surface area contributed by atoms with Crippen LogP contribution in [0.2, 0.25) is 0 Å². The minimum atomic E-state index is -0.935. The summed E-state index contributed by atoms with van der Waals surface area (Å²) in [7, 11) is 0. The van der Waals surface area contributed by atoms with E-state index in [0.29, 0.717) is 13.0 Å². The van der Waals surface area contributed by atoms with E-state index in [1.165, 1.54) is 0 Å². The Labute approximate surface area is 81.6 Å². The Morgan fingerprint density at radius 2 is 2.43 bits per heavy atom. The summed E-state index contributed by atoms with van der Waals surface area (Å²) >= 11 is 0. The van der Waals surface area contributed by atoms with E-state index in [0.717, 1.165) is 6.42 Å². The van der Waals surface area contributed by atoms with Crippen LogP contribution in [0.4, 0.5) is 4.79 Å². The number of ether oxygens (including phenoxy) is 1. The van der Waals surface area contributed by atoms with Crippen molar-refractivity contribution in [2.24, 2.45) is 5.73 Å². The number of hydrogen-bond donors (Lipinski definition) is 2. The molecule has 1 saturated heterocycles. The molecule has 14 heavy (non-hydrogen) atoms. The predicted octanol–water partition coefficient (Wildman–Crippen LogP) is -0.935. The van der Waals surface area contributed by atoms with Crippen molar-refractivity contribution in [3.05, 3.63) is 0 Å². The molecule has 0 aromatic heterocycles. The van der Waals surface area contributed by atoms with E-state index in [9.17, 15) is 9.59 Å². The van der Waals surface area contributed by atoms with Gasteiger partial charge < -0.3 is 20.5 Å². The van der Waals surface area contributed by atoms with Gasteiger partial charge in [-0.2, -0.15) is 0 Å². The maximum Gasteiger partial charge on any atom is 0.404 e. The molecule has 1 atom stereocenters. The Balaban J connectivity index is 2.39. The van der Waals surface area contributed by atoms with Crippen molar-refractivity contribution < 1.29 is 19.4 Å². The maximum absolute atomic E-state index is 11.2. The molecule has 0 aliphatic carbocycles. The zero-order valence-corrected chi connectivity index (χ0v) is 7.81. The van der Waals surface area contributed by atoms with Crippen molar-refractivity contribution in [1.29, 1.82) is 0 Å². The van der Waals surface area contributed by atoms with Crippen LogP contribution < -0.4 is 5.73 Å². The van der Waals surface area contributed by atoms with Crippen molar-refractivity contribution in [3.63, 3.8) is 0 Å². The molecule has 1 aliphatic heterocycles. The second-order valence-corrected chi connectivity index (χ2v) is 3.18. The fourth-order valence-electron chi connectivity index (χ4n) is 1.44. The molecule has 1 aliphatic rings. The van der Waals surface area contributed by atoms with Gasteiger partial charge in [0.15, 0.2) is 0 Å². The number of primary amides is 1. The molecular weight excluding hydrogens is 188 g/mol. The monoisotopic (exact) mass is 202 g/mol. The third kappa shape index (κ3) is 2.88. The summed E-state index contributed by atoms with van der Waals surface area (Å²) in [6.45, 7) is 0.544. The van der Waals surface area contributed by atoms with Crippen LogP contribution in [-0.2, 0) is 9.53 Å². The number of nitrogens with two attached hydrogens (primary N) is 1. The molecule has 3 N–H and O–H groups in total. The first-order valence-corrected chi connectivity index (χ1v) is 4.48. The first-order chi connectivity index (χ1) is 6.63. The molecule has 0 bridgehead atoms. The molecule has 1 rings (SSSR count). The molecule has 1 fully saturated rings. The molecule has 0 unspecified atom stereocenters. The standard InChI is InChI=1S/C8H14N2O4/c9-8(13)14-6(5-11)4-10-3-1-2-7(10)12/h6,11H,1-5H2,(H2,9,13)/t6-/m1/s1. The molecule has 0 saturated carbocycles. The Hall–Kier alpha value is -1.30. The highest BCUT2D eigenvalue weighted by Gasteiger charge is 2.24. The second kappa shape index (κ2) is 4.80. The smallest absolute Gasteiger partial charge is 0.404 e. The van der Waals surface area contributed by atoms with Crippen LogP contribution in [-0.4, -0.2) is 47.8 Å². The summed E-state index contributed by atoms with van der Waals surface area (Å²) in [6, 6.07) is 0. The van der Waals surface area contributed by atoms with Crippen molar-refractivity contribution >= 4 is 12.0 Å². The first kappa shape index (κ1) is 10.8. The molecule has 0 radical (unpaired) electrons. The van der Waals surface area contributed by atoms with Crippen LogP contribution in [0, 0.1) is 0 Å². The number of amides is 2. The van der Waals surface area contributed by atoms with Gasteiger partial charge in [-0.25, -0.2) is 4.79 Å². The van der Waals surface area contributed by atoms with Crippen molar-refractivity contribution in [3.8, 4) is 0 Å². The van der Waals surface area contributed by atoms with Crippen molar-refractivity contribution in [2.45, 2.75) is 18.9 Å². The number of hydrogen-bond acceptors (Lipinski definition) is 4. The van der Waals surface area contributed by atoms with Crippen molar-refractivity contribution in [1.82, 2.24) is 4.90 Å². The average molecular weight is 202 g/mol. The molecule has 6 heteroatoms. The van der Waals surface area contributed by atoms with Crippen LogP contribution in [0.1, 0.15) is 12.8 Å². The van der Waals surface area contributed by atoms with Crippen LogP contribution >= 0.6 is 0 Å². The Bertz CT molecular complexity index is 231. The van der Waals surface area contributed by atoms with Gasteiger partial charge in [0.1, 0.15) is 6.10 Å². The van der Waals surface area contributed by atoms with Crippen LogP contribution in [0.25, 0.3) is 0 Å². The van der Waals surface area contributed by atoms with E-state index >= 15 is 0 Å². The lowest BCUT2D eigenvalue weighted by molar-refractivity contribution is -0.129. The molecule has 0 aromatic rings. The minimum absolute atomic E-state index is 0.0246. The van der Waals surface area contributed by atoms with Gasteiger partial charge in [0.2, 0.25) is 5.91 Å². The highest BCUT2D eigenvalue weighted by atomic mass is 16.6.